The highest BCUT2D eigenvalue weighted by atomic mass is 35.5. The molecule has 6 nitrogen and oxygen atoms in total. The Kier molecular flexibility index (Phi) is 5.64. The van der Waals surface area contributed by atoms with Gasteiger partial charge in [0.05, 0.1) is 12.8 Å². The van der Waals surface area contributed by atoms with Crippen LogP contribution in [-0.4, -0.2) is 22.4 Å². The van der Waals surface area contributed by atoms with Crippen molar-refractivity contribution in [1.29, 1.82) is 0 Å². The molecular formula is C18H17ClN4O2. The van der Waals surface area contributed by atoms with Crippen LogP contribution in [0.5, 0.6) is 0 Å². The predicted molar refractivity (Wildman–Crippen MR) is 95.6 cm³/mol. The fraction of sp³-hybridized carbons (Fsp3) is 0.167. The Balaban J connectivity index is 1.51. The van der Waals surface area contributed by atoms with E-state index in [1.54, 1.807) is 24.5 Å². The van der Waals surface area contributed by atoms with E-state index in [2.05, 4.69) is 20.6 Å². The quantitative estimate of drug-likeness (QED) is 0.679. The fourth-order valence-electron chi connectivity index (χ4n) is 2.24. The SMILES string of the molecule is O=C(NCc1ccco1)c1cc(NCCc2ccc(Cl)cc2)ncn1. The molecule has 0 fully saturated rings. The van der Waals surface area contributed by atoms with Crippen molar-refractivity contribution in [2.75, 3.05) is 11.9 Å². The second-order valence-electron chi connectivity index (χ2n) is 5.35. The topological polar surface area (TPSA) is 80.0 Å². The Morgan fingerprint density at radius 2 is 2.00 bits per heavy atom. The fourth-order valence-corrected chi connectivity index (χ4v) is 2.36. The highest BCUT2D eigenvalue weighted by Crippen LogP contribution is 2.10. The lowest BCUT2D eigenvalue weighted by molar-refractivity contribution is 0.0943. The number of nitrogens with one attached hydrogen (secondary N) is 2. The maximum atomic E-state index is 12.1. The lowest BCUT2D eigenvalue weighted by atomic mass is 10.1. The van der Waals surface area contributed by atoms with Gasteiger partial charge in [0.25, 0.3) is 5.91 Å². The lowest BCUT2D eigenvalue weighted by Gasteiger charge is -2.07. The molecule has 2 aromatic heterocycles. The Hall–Kier alpha value is -2.86. The van der Waals surface area contributed by atoms with Crippen molar-refractivity contribution in [1.82, 2.24) is 15.3 Å². The molecule has 1 aromatic carbocycles. The van der Waals surface area contributed by atoms with Gasteiger partial charge in [-0.1, -0.05) is 23.7 Å². The normalized spacial score (nSPS) is 10.4. The van der Waals surface area contributed by atoms with E-state index < -0.39 is 0 Å². The summed E-state index contributed by atoms with van der Waals surface area (Å²) in [5.41, 5.74) is 1.47. The first kappa shape index (κ1) is 17.0. The molecular weight excluding hydrogens is 340 g/mol. The molecule has 3 aromatic rings. The Morgan fingerprint density at radius 1 is 1.16 bits per heavy atom. The molecule has 0 saturated heterocycles. The molecule has 0 unspecified atom stereocenters. The third-order valence-electron chi connectivity index (χ3n) is 3.54. The molecule has 3 rings (SSSR count). The van der Waals surface area contributed by atoms with Crippen molar-refractivity contribution in [3.8, 4) is 0 Å². The van der Waals surface area contributed by atoms with E-state index in [1.165, 1.54) is 11.9 Å². The minimum Gasteiger partial charge on any atom is -0.467 e. The number of carbonyl (C=O) groups is 1. The van der Waals surface area contributed by atoms with E-state index >= 15 is 0 Å². The van der Waals surface area contributed by atoms with E-state index in [0.29, 0.717) is 30.4 Å². The molecule has 0 radical (unpaired) electrons. The second kappa shape index (κ2) is 8.30. The van der Waals surface area contributed by atoms with E-state index in [4.69, 9.17) is 16.0 Å². The van der Waals surface area contributed by atoms with Crippen molar-refractivity contribution >= 4 is 23.3 Å². The minimum absolute atomic E-state index is 0.278. The van der Waals surface area contributed by atoms with Gasteiger partial charge >= 0.3 is 0 Å². The number of hydrogen-bond acceptors (Lipinski definition) is 5. The van der Waals surface area contributed by atoms with E-state index in [1.807, 2.05) is 24.3 Å². The van der Waals surface area contributed by atoms with E-state index in [0.717, 1.165) is 11.4 Å². The van der Waals surface area contributed by atoms with Crippen LogP contribution in [0.2, 0.25) is 5.02 Å². The monoisotopic (exact) mass is 356 g/mol. The second-order valence-corrected chi connectivity index (χ2v) is 5.79. The van der Waals surface area contributed by atoms with Gasteiger partial charge in [-0.2, -0.15) is 0 Å². The largest absolute Gasteiger partial charge is 0.467 e. The number of nitrogens with zero attached hydrogens (tertiary/aromatic N) is 2. The first-order valence-electron chi connectivity index (χ1n) is 7.81. The van der Waals surface area contributed by atoms with Crippen LogP contribution >= 0.6 is 11.6 Å². The third-order valence-corrected chi connectivity index (χ3v) is 3.79. The van der Waals surface area contributed by atoms with Crippen LogP contribution in [0.3, 0.4) is 0 Å². The summed E-state index contributed by atoms with van der Waals surface area (Å²) < 4.78 is 5.18. The lowest BCUT2D eigenvalue weighted by Crippen LogP contribution is -2.24. The number of anilines is 1. The summed E-state index contributed by atoms with van der Waals surface area (Å²) in [6.45, 7) is 1.00. The van der Waals surface area contributed by atoms with Crippen molar-refractivity contribution in [3.63, 3.8) is 0 Å². The number of halogens is 1. The zero-order valence-electron chi connectivity index (χ0n) is 13.4. The number of hydrogen-bond donors (Lipinski definition) is 2. The molecule has 0 aliphatic heterocycles. The van der Waals surface area contributed by atoms with Gasteiger partial charge in [-0.15, -0.1) is 0 Å². The smallest absolute Gasteiger partial charge is 0.270 e. The van der Waals surface area contributed by atoms with Crippen LogP contribution in [0, 0.1) is 0 Å². The summed E-state index contributed by atoms with van der Waals surface area (Å²) >= 11 is 5.87. The number of carbonyl (C=O) groups excluding carboxylic acids is 1. The Bertz CT molecular complexity index is 819. The van der Waals surface area contributed by atoms with E-state index in [9.17, 15) is 4.79 Å². The van der Waals surface area contributed by atoms with Gasteiger partial charge < -0.3 is 15.1 Å². The number of benzene rings is 1. The number of amides is 1. The van der Waals surface area contributed by atoms with Gasteiger partial charge in [0.1, 0.15) is 23.6 Å². The van der Waals surface area contributed by atoms with Crippen LogP contribution < -0.4 is 10.6 Å². The summed E-state index contributed by atoms with van der Waals surface area (Å²) in [5, 5.41) is 6.66. The summed E-state index contributed by atoms with van der Waals surface area (Å²) in [6.07, 6.45) is 3.75. The maximum Gasteiger partial charge on any atom is 0.270 e. The van der Waals surface area contributed by atoms with Crippen molar-refractivity contribution in [2.24, 2.45) is 0 Å². The van der Waals surface area contributed by atoms with Gasteiger partial charge in [-0.05, 0) is 36.2 Å². The molecule has 2 heterocycles. The summed E-state index contributed by atoms with van der Waals surface area (Å²) in [7, 11) is 0. The summed E-state index contributed by atoms with van der Waals surface area (Å²) in [4.78, 5) is 20.3. The van der Waals surface area contributed by atoms with Crippen LogP contribution in [0.4, 0.5) is 5.82 Å². The first-order valence-corrected chi connectivity index (χ1v) is 8.19. The standard InChI is InChI=1S/C18H17ClN4O2/c19-14-5-3-13(4-6-14)7-8-20-17-10-16(22-12-23-17)18(24)21-11-15-2-1-9-25-15/h1-6,9-10,12H,7-8,11H2,(H,21,24)(H,20,22,23). The predicted octanol–water partition coefficient (Wildman–Crippen LogP) is 3.31. The third kappa shape index (κ3) is 5.06. The molecule has 0 saturated carbocycles. The van der Waals surface area contributed by atoms with Gasteiger partial charge in [-0.3, -0.25) is 4.79 Å². The molecule has 25 heavy (non-hydrogen) atoms. The minimum atomic E-state index is -0.278. The number of furan rings is 1. The number of aromatic nitrogens is 2. The van der Waals surface area contributed by atoms with Crippen molar-refractivity contribution < 1.29 is 9.21 Å². The van der Waals surface area contributed by atoms with Gasteiger partial charge in [0, 0.05) is 17.6 Å². The first-order chi connectivity index (χ1) is 12.2. The number of rotatable bonds is 7. The molecule has 0 spiro atoms. The van der Waals surface area contributed by atoms with Crippen LogP contribution in [0.15, 0.2) is 59.5 Å². The molecule has 0 atom stereocenters. The van der Waals surface area contributed by atoms with Crippen molar-refractivity contribution in [2.45, 2.75) is 13.0 Å². The van der Waals surface area contributed by atoms with Crippen LogP contribution in [0.1, 0.15) is 21.8 Å². The molecule has 0 bridgehead atoms. The van der Waals surface area contributed by atoms with Crippen LogP contribution in [0.25, 0.3) is 0 Å². The van der Waals surface area contributed by atoms with Gasteiger partial charge in [0.15, 0.2) is 0 Å². The molecule has 1 amide bonds. The summed E-state index contributed by atoms with van der Waals surface area (Å²) in [6, 6.07) is 12.9. The zero-order valence-corrected chi connectivity index (χ0v) is 14.2. The van der Waals surface area contributed by atoms with Crippen molar-refractivity contribution in [3.05, 3.63) is 77.1 Å². The highest BCUT2D eigenvalue weighted by Gasteiger charge is 2.09. The average Bonchev–Trinajstić information content (AvgIpc) is 3.15. The molecule has 7 heteroatoms. The maximum absolute atomic E-state index is 12.1. The molecule has 128 valence electrons. The summed E-state index contributed by atoms with van der Waals surface area (Å²) in [5.74, 6) is 1.01. The van der Waals surface area contributed by atoms with Crippen LogP contribution in [-0.2, 0) is 13.0 Å². The molecule has 0 aliphatic rings. The molecule has 2 N–H and O–H groups in total. The average molecular weight is 357 g/mol. The van der Waals surface area contributed by atoms with Gasteiger partial charge in [0.2, 0.25) is 0 Å². The zero-order chi connectivity index (χ0) is 17.5. The van der Waals surface area contributed by atoms with E-state index in [-0.39, 0.29) is 5.91 Å². The highest BCUT2D eigenvalue weighted by molar-refractivity contribution is 6.30. The molecule has 0 aliphatic carbocycles. The Labute approximate surface area is 150 Å². The van der Waals surface area contributed by atoms with Gasteiger partial charge in [-0.25, -0.2) is 9.97 Å². The Morgan fingerprint density at radius 3 is 2.76 bits per heavy atom.